The van der Waals surface area contributed by atoms with E-state index in [0.29, 0.717) is 6.10 Å². The van der Waals surface area contributed by atoms with Gasteiger partial charge in [0.2, 0.25) is 0 Å². The van der Waals surface area contributed by atoms with Gasteiger partial charge in [-0.05, 0) is 59.5 Å². The van der Waals surface area contributed by atoms with E-state index in [9.17, 15) is 0 Å². The molecule has 0 aliphatic carbocycles. The minimum atomic E-state index is 0.351. The molecule has 0 amide bonds. The first kappa shape index (κ1) is 19.1. The fourth-order valence-electron chi connectivity index (χ4n) is 3.84. The average Bonchev–Trinajstić information content (AvgIpc) is 3.40. The van der Waals surface area contributed by atoms with E-state index in [-0.39, 0.29) is 0 Å². The number of anilines is 2. The van der Waals surface area contributed by atoms with Crippen molar-refractivity contribution in [2.24, 2.45) is 0 Å². The molecule has 6 nitrogen and oxygen atoms in total. The second-order valence-corrected chi connectivity index (χ2v) is 8.52. The SMILES string of the molecule is CO[C@@H]1CCN(Cc2ccnc(Nc3nc4ccc(-c5ccncc5)cc4s3)c2)C1. The van der Waals surface area contributed by atoms with E-state index in [0.717, 1.165) is 52.8 Å². The number of hydrogen-bond donors (Lipinski definition) is 1. The standard InChI is InChI=1S/C23H23N5OS/c1-29-19-7-11-28(15-19)14-16-4-10-25-22(12-16)27-23-26-20-3-2-18(13-21(20)30-23)17-5-8-24-9-6-17/h2-6,8-10,12-13,19H,7,11,14-15H2,1H3,(H,25,26,27)/t19-/m1/s1. The second-order valence-electron chi connectivity index (χ2n) is 7.49. The summed E-state index contributed by atoms with van der Waals surface area (Å²) in [6.45, 7) is 2.97. The smallest absolute Gasteiger partial charge is 0.189 e. The summed E-state index contributed by atoms with van der Waals surface area (Å²) in [4.78, 5) is 15.7. The van der Waals surface area contributed by atoms with Gasteiger partial charge in [0.1, 0.15) is 5.82 Å². The summed E-state index contributed by atoms with van der Waals surface area (Å²) >= 11 is 1.64. The highest BCUT2D eigenvalue weighted by Gasteiger charge is 2.21. The molecule has 0 radical (unpaired) electrons. The van der Waals surface area contributed by atoms with Gasteiger partial charge < -0.3 is 10.1 Å². The number of nitrogens with zero attached hydrogens (tertiary/aromatic N) is 4. The minimum absolute atomic E-state index is 0.351. The van der Waals surface area contributed by atoms with Gasteiger partial charge in [-0.25, -0.2) is 9.97 Å². The number of aromatic nitrogens is 3. The Hall–Kier alpha value is -2.87. The Morgan fingerprint density at radius 3 is 2.83 bits per heavy atom. The first-order chi connectivity index (χ1) is 14.8. The van der Waals surface area contributed by atoms with Crippen molar-refractivity contribution in [3.8, 4) is 11.1 Å². The molecule has 1 aromatic carbocycles. The maximum atomic E-state index is 5.47. The molecule has 5 rings (SSSR count). The van der Waals surface area contributed by atoms with Crippen molar-refractivity contribution in [1.82, 2.24) is 19.9 Å². The van der Waals surface area contributed by atoms with Crippen LogP contribution in [0.25, 0.3) is 21.3 Å². The molecule has 30 heavy (non-hydrogen) atoms. The zero-order valence-electron chi connectivity index (χ0n) is 16.8. The number of benzene rings is 1. The van der Waals surface area contributed by atoms with Gasteiger partial charge in [0, 0.05) is 45.3 Å². The minimum Gasteiger partial charge on any atom is -0.380 e. The third-order valence-corrected chi connectivity index (χ3v) is 6.36. The monoisotopic (exact) mass is 417 g/mol. The van der Waals surface area contributed by atoms with Crippen LogP contribution in [0.1, 0.15) is 12.0 Å². The highest BCUT2D eigenvalue weighted by atomic mass is 32.1. The van der Waals surface area contributed by atoms with Crippen molar-refractivity contribution < 1.29 is 4.74 Å². The van der Waals surface area contributed by atoms with E-state index in [1.807, 2.05) is 30.7 Å². The number of hydrogen-bond acceptors (Lipinski definition) is 7. The summed E-state index contributed by atoms with van der Waals surface area (Å²) in [5.74, 6) is 0.823. The molecule has 1 atom stereocenters. The lowest BCUT2D eigenvalue weighted by Gasteiger charge is -2.16. The number of pyridine rings is 2. The van der Waals surface area contributed by atoms with Crippen molar-refractivity contribution in [3.05, 3.63) is 66.6 Å². The van der Waals surface area contributed by atoms with Crippen LogP contribution in [0, 0.1) is 0 Å². The highest BCUT2D eigenvalue weighted by Crippen LogP contribution is 2.31. The maximum absolute atomic E-state index is 5.47. The predicted octanol–water partition coefficient (Wildman–Crippen LogP) is 4.72. The number of thiazole rings is 1. The fourth-order valence-corrected chi connectivity index (χ4v) is 4.76. The van der Waals surface area contributed by atoms with Crippen LogP contribution in [-0.4, -0.2) is 46.2 Å². The van der Waals surface area contributed by atoms with Crippen LogP contribution in [0.5, 0.6) is 0 Å². The van der Waals surface area contributed by atoms with E-state index < -0.39 is 0 Å². The summed E-state index contributed by atoms with van der Waals surface area (Å²) in [7, 11) is 1.79. The lowest BCUT2D eigenvalue weighted by Crippen LogP contribution is -2.22. The van der Waals surface area contributed by atoms with Gasteiger partial charge in [-0.2, -0.15) is 0 Å². The molecular formula is C23H23N5OS. The molecule has 4 aromatic rings. The number of nitrogens with one attached hydrogen (secondary N) is 1. The molecule has 4 heterocycles. The normalized spacial score (nSPS) is 16.9. The molecule has 1 saturated heterocycles. The average molecular weight is 418 g/mol. The van der Waals surface area contributed by atoms with E-state index in [2.05, 4.69) is 50.5 Å². The quantitative estimate of drug-likeness (QED) is 0.490. The van der Waals surface area contributed by atoms with Crippen LogP contribution in [-0.2, 0) is 11.3 Å². The Kier molecular flexibility index (Phi) is 5.40. The van der Waals surface area contributed by atoms with E-state index >= 15 is 0 Å². The number of rotatable bonds is 6. The van der Waals surface area contributed by atoms with Crippen LogP contribution in [0.2, 0.25) is 0 Å². The first-order valence-corrected chi connectivity index (χ1v) is 10.9. The number of likely N-dealkylation sites (tertiary alicyclic amines) is 1. The molecule has 3 aromatic heterocycles. The number of methoxy groups -OCH3 is 1. The van der Waals surface area contributed by atoms with Gasteiger partial charge >= 0.3 is 0 Å². The Labute approximate surface area is 179 Å². The van der Waals surface area contributed by atoms with Gasteiger partial charge in [-0.3, -0.25) is 9.88 Å². The van der Waals surface area contributed by atoms with Crippen LogP contribution >= 0.6 is 11.3 Å². The topological polar surface area (TPSA) is 63.2 Å². The Bertz CT molecular complexity index is 1150. The van der Waals surface area contributed by atoms with Gasteiger partial charge in [0.25, 0.3) is 0 Å². The van der Waals surface area contributed by atoms with Crippen molar-refractivity contribution >= 4 is 32.5 Å². The third kappa shape index (κ3) is 4.18. The zero-order valence-corrected chi connectivity index (χ0v) is 17.6. The molecule has 1 aliphatic heterocycles. The molecule has 0 spiro atoms. The molecule has 1 fully saturated rings. The third-order valence-electron chi connectivity index (χ3n) is 5.43. The fraction of sp³-hybridized carbons (Fsp3) is 0.261. The number of ether oxygens (including phenoxy) is 1. The van der Waals surface area contributed by atoms with Crippen LogP contribution in [0.3, 0.4) is 0 Å². The molecular weight excluding hydrogens is 394 g/mol. The molecule has 7 heteroatoms. The van der Waals surface area contributed by atoms with Crippen molar-refractivity contribution in [2.75, 3.05) is 25.5 Å². The van der Waals surface area contributed by atoms with Crippen LogP contribution < -0.4 is 5.32 Å². The molecule has 0 bridgehead atoms. The van der Waals surface area contributed by atoms with Gasteiger partial charge in [-0.15, -0.1) is 0 Å². The lowest BCUT2D eigenvalue weighted by atomic mass is 10.1. The van der Waals surface area contributed by atoms with E-state index in [1.54, 1.807) is 18.4 Å². The van der Waals surface area contributed by atoms with Gasteiger partial charge in [0.05, 0.1) is 16.3 Å². The molecule has 1 aliphatic rings. The van der Waals surface area contributed by atoms with Gasteiger partial charge in [-0.1, -0.05) is 17.4 Å². The Morgan fingerprint density at radius 1 is 1.10 bits per heavy atom. The Morgan fingerprint density at radius 2 is 2.00 bits per heavy atom. The van der Waals surface area contributed by atoms with E-state index in [1.165, 1.54) is 11.1 Å². The zero-order chi connectivity index (χ0) is 20.3. The molecule has 0 saturated carbocycles. The maximum Gasteiger partial charge on any atom is 0.189 e. The van der Waals surface area contributed by atoms with Crippen molar-refractivity contribution in [1.29, 1.82) is 0 Å². The predicted molar refractivity (Wildman–Crippen MR) is 121 cm³/mol. The van der Waals surface area contributed by atoms with Crippen molar-refractivity contribution in [2.45, 2.75) is 19.1 Å². The van der Waals surface area contributed by atoms with Gasteiger partial charge in [0.15, 0.2) is 5.13 Å². The van der Waals surface area contributed by atoms with E-state index in [4.69, 9.17) is 9.72 Å². The molecule has 152 valence electrons. The van der Waals surface area contributed by atoms with Crippen molar-refractivity contribution in [3.63, 3.8) is 0 Å². The summed E-state index contributed by atoms with van der Waals surface area (Å²) in [6, 6.07) is 14.6. The Balaban J connectivity index is 1.32. The summed E-state index contributed by atoms with van der Waals surface area (Å²) in [5, 5.41) is 4.23. The highest BCUT2D eigenvalue weighted by molar-refractivity contribution is 7.22. The lowest BCUT2D eigenvalue weighted by molar-refractivity contribution is 0.107. The van der Waals surface area contributed by atoms with Crippen LogP contribution in [0.4, 0.5) is 10.9 Å². The molecule has 1 N–H and O–H groups in total. The summed E-state index contributed by atoms with van der Waals surface area (Å²) in [6.07, 6.45) is 6.94. The molecule has 0 unspecified atom stereocenters. The van der Waals surface area contributed by atoms with Crippen LogP contribution in [0.15, 0.2) is 61.1 Å². The first-order valence-electron chi connectivity index (χ1n) is 10.0. The number of fused-ring (bicyclic) bond motifs is 1. The summed E-state index contributed by atoms with van der Waals surface area (Å²) < 4.78 is 6.61. The second kappa shape index (κ2) is 8.47. The largest absolute Gasteiger partial charge is 0.380 e. The summed E-state index contributed by atoms with van der Waals surface area (Å²) in [5.41, 5.74) is 4.55.